The van der Waals surface area contributed by atoms with E-state index < -0.39 is 0 Å². The smallest absolute Gasteiger partial charge is 0.309 e. The van der Waals surface area contributed by atoms with Gasteiger partial charge in [0, 0.05) is 0 Å². The summed E-state index contributed by atoms with van der Waals surface area (Å²) in [7, 11) is 0. The van der Waals surface area contributed by atoms with E-state index in [1.165, 1.54) is 5.56 Å². The number of carbonyl (C=O) groups excluding carboxylic acids is 1. The molecule has 0 aliphatic carbocycles. The molecular formula is C13H16O2. The second-order valence-corrected chi connectivity index (χ2v) is 4.22. The minimum absolute atomic E-state index is 0.0342. The normalized spacial score (nSPS) is 25.3. The topological polar surface area (TPSA) is 26.3 Å². The first kappa shape index (κ1) is 10.2. The number of rotatable bonds is 3. The number of aryl methyl sites for hydroxylation is 1. The minimum Gasteiger partial charge on any atom is -0.462 e. The summed E-state index contributed by atoms with van der Waals surface area (Å²) in [6, 6.07) is 10.3. The van der Waals surface area contributed by atoms with Gasteiger partial charge in [0.25, 0.3) is 0 Å². The van der Waals surface area contributed by atoms with E-state index in [2.05, 4.69) is 12.1 Å². The van der Waals surface area contributed by atoms with Crippen LogP contribution in [0, 0.1) is 5.92 Å². The third-order valence-corrected chi connectivity index (χ3v) is 2.90. The van der Waals surface area contributed by atoms with Crippen LogP contribution in [-0.4, -0.2) is 12.1 Å². The summed E-state index contributed by atoms with van der Waals surface area (Å²) < 4.78 is 5.26. The molecule has 0 bridgehead atoms. The van der Waals surface area contributed by atoms with Gasteiger partial charge < -0.3 is 4.74 Å². The standard InChI is InChI=1S/C13H16O2/c1-10-9-12(15-13(10)14)8-7-11-5-3-2-4-6-11/h2-6,10,12H,7-9H2,1H3. The van der Waals surface area contributed by atoms with Crippen LogP contribution < -0.4 is 0 Å². The van der Waals surface area contributed by atoms with Crippen molar-refractivity contribution in [3.8, 4) is 0 Å². The van der Waals surface area contributed by atoms with E-state index in [1.54, 1.807) is 0 Å². The molecule has 0 radical (unpaired) electrons. The quantitative estimate of drug-likeness (QED) is 0.707. The second kappa shape index (κ2) is 4.47. The van der Waals surface area contributed by atoms with Gasteiger partial charge in [0.1, 0.15) is 6.10 Å². The minimum atomic E-state index is -0.0342. The van der Waals surface area contributed by atoms with Crippen LogP contribution in [0.15, 0.2) is 30.3 Å². The lowest BCUT2D eigenvalue weighted by atomic mass is 10.0. The number of carbonyl (C=O) groups is 1. The van der Waals surface area contributed by atoms with Crippen molar-refractivity contribution in [3.05, 3.63) is 35.9 Å². The first-order chi connectivity index (χ1) is 7.25. The summed E-state index contributed by atoms with van der Waals surface area (Å²) >= 11 is 0. The Labute approximate surface area is 90.3 Å². The summed E-state index contributed by atoms with van der Waals surface area (Å²) in [5.74, 6) is 0.0545. The first-order valence-electron chi connectivity index (χ1n) is 5.50. The highest BCUT2D eigenvalue weighted by molar-refractivity contribution is 5.74. The van der Waals surface area contributed by atoms with Gasteiger partial charge in [-0.25, -0.2) is 0 Å². The molecule has 1 aliphatic heterocycles. The van der Waals surface area contributed by atoms with E-state index in [9.17, 15) is 4.79 Å². The molecule has 2 nitrogen and oxygen atoms in total. The van der Waals surface area contributed by atoms with Crippen LogP contribution in [0.3, 0.4) is 0 Å². The summed E-state index contributed by atoms with van der Waals surface area (Å²) in [5, 5.41) is 0. The lowest BCUT2D eigenvalue weighted by molar-refractivity contribution is -0.144. The average molecular weight is 204 g/mol. The molecule has 2 heteroatoms. The lowest BCUT2D eigenvalue weighted by Crippen LogP contribution is -2.07. The average Bonchev–Trinajstić information content (AvgIpc) is 2.57. The van der Waals surface area contributed by atoms with E-state index in [0.717, 1.165) is 19.3 Å². The van der Waals surface area contributed by atoms with Crippen molar-refractivity contribution in [1.82, 2.24) is 0 Å². The molecule has 1 aliphatic rings. The third-order valence-electron chi connectivity index (χ3n) is 2.90. The molecule has 0 saturated carbocycles. The highest BCUT2D eigenvalue weighted by Crippen LogP contribution is 2.23. The number of hydrogen-bond acceptors (Lipinski definition) is 2. The molecule has 2 rings (SSSR count). The largest absolute Gasteiger partial charge is 0.462 e. The fraction of sp³-hybridized carbons (Fsp3) is 0.462. The Bertz CT molecular complexity index is 332. The van der Waals surface area contributed by atoms with E-state index in [4.69, 9.17) is 4.74 Å². The van der Waals surface area contributed by atoms with Crippen LogP contribution in [0.5, 0.6) is 0 Å². The van der Waals surface area contributed by atoms with Crippen molar-refractivity contribution in [3.63, 3.8) is 0 Å². The Morgan fingerprint density at radius 2 is 2.07 bits per heavy atom. The molecule has 15 heavy (non-hydrogen) atoms. The SMILES string of the molecule is CC1CC(CCc2ccccc2)OC1=O. The second-order valence-electron chi connectivity index (χ2n) is 4.22. The zero-order valence-electron chi connectivity index (χ0n) is 8.98. The van der Waals surface area contributed by atoms with Gasteiger partial charge >= 0.3 is 5.97 Å². The van der Waals surface area contributed by atoms with Gasteiger partial charge in [-0.1, -0.05) is 37.3 Å². The maximum Gasteiger partial charge on any atom is 0.309 e. The summed E-state index contributed by atoms with van der Waals surface area (Å²) in [4.78, 5) is 11.2. The Morgan fingerprint density at radius 1 is 1.33 bits per heavy atom. The Balaban J connectivity index is 1.82. The highest BCUT2D eigenvalue weighted by Gasteiger charge is 2.30. The Morgan fingerprint density at radius 3 is 2.67 bits per heavy atom. The molecule has 0 amide bonds. The predicted octanol–water partition coefficient (Wildman–Crippen LogP) is 2.57. The van der Waals surface area contributed by atoms with Crippen molar-refractivity contribution in [1.29, 1.82) is 0 Å². The van der Waals surface area contributed by atoms with Gasteiger partial charge in [-0.15, -0.1) is 0 Å². The molecular weight excluding hydrogens is 188 g/mol. The molecule has 1 saturated heterocycles. The number of ether oxygens (including phenoxy) is 1. The van der Waals surface area contributed by atoms with Gasteiger partial charge in [0.15, 0.2) is 0 Å². The van der Waals surface area contributed by atoms with E-state index in [0.29, 0.717) is 0 Å². The Hall–Kier alpha value is -1.31. The molecule has 0 aromatic heterocycles. The fourth-order valence-corrected chi connectivity index (χ4v) is 1.97. The Kier molecular flexibility index (Phi) is 3.05. The zero-order valence-corrected chi connectivity index (χ0v) is 8.98. The van der Waals surface area contributed by atoms with Gasteiger partial charge in [-0.3, -0.25) is 4.79 Å². The van der Waals surface area contributed by atoms with Crippen molar-refractivity contribution in [2.45, 2.75) is 32.3 Å². The van der Waals surface area contributed by atoms with Crippen LogP contribution in [0.4, 0.5) is 0 Å². The maximum absolute atomic E-state index is 11.2. The molecule has 1 aromatic carbocycles. The molecule has 1 fully saturated rings. The van der Waals surface area contributed by atoms with Gasteiger partial charge in [0.05, 0.1) is 5.92 Å². The number of hydrogen-bond donors (Lipinski definition) is 0. The first-order valence-corrected chi connectivity index (χ1v) is 5.50. The van der Waals surface area contributed by atoms with Gasteiger partial charge in [-0.05, 0) is 24.8 Å². The summed E-state index contributed by atoms with van der Waals surface area (Å²) in [6.45, 7) is 1.94. The fourth-order valence-electron chi connectivity index (χ4n) is 1.97. The molecule has 2 unspecified atom stereocenters. The van der Waals surface area contributed by atoms with Crippen molar-refractivity contribution in [2.24, 2.45) is 5.92 Å². The molecule has 1 aromatic rings. The molecule has 0 N–H and O–H groups in total. The monoisotopic (exact) mass is 204 g/mol. The van der Waals surface area contributed by atoms with Crippen LogP contribution in [-0.2, 0) is 16.0 Å². The van der Waals surface area contributed by atoms with Crippen LogP contribution >= 0.6 is 0 Å². The van der Waals surface area contributed by atoms with Crippen LogP contribution in [0.1, 0.15) is 25.3 Å². The lowest BCUT2D eigenvalue weighted by Gasteiger charge is -2.08. The number of esters is 1. The summed E-state index contributed by atoms with van der Waals surface area (Å²) in [6.07, 6.45) is 2.95. The number of benzene rings is 1. The van der Waals surface area contributed by atoms with Crippen LogP contribution in [0.2, 0.25) is 0 Å². The molecule has 2 atom stereocenters. The van der Waals surface area contributed by atoms with Crippen molar-refractivity contribution < 1.29 is 9.53 Å². The maximum atomic E-state index is 11.2. The zero-order chi connectivity index (χ0) is 10.7. The highest BCUT2D eigenvalue weighted by atomic mass is 16.5. The molecule has 80 valence electrons. The van der Waals surface area contributed by atoms with E-state index >= 15 is 0 Å². The summed E-state index contributed by atoms with van der Waals surface area (Å²) in [5.41, 5.74) is 1.31. The molecule has 1 heterocycles. The van der Waals surface area contributed by atoms with E-state index in [1.807, 2.05) is 25.1 Å². The third kappa shape index (κ3) is 2.58. The molecule has 0 spiro atoms. The van der Waals surface area contributed by atoms with Gasteiger partial charge in [0.2, 0.25) is 0 Å². The van der Waals surface area contributed by atoms with Crippen molar-refractivity contribution >= 4 is 5.97 Å². The van der Waals surface area contributed by atoms with Crippen molar-refractivity contribution in [2.75, 3.05) is 0 Å². The predicted molar refractivity (Wildman–Crippen MR) is 58.4 cm³/mol. The van der Waals surface area contributed by atoms with Gasteiger partial charge in [-0.2, -0.15) is 0 Å². The van der Waals surface area contributed by atoms with Crippen LogP contribution in [0.25, 0.3) is 0 Å². The van der Waals surface area contributed by atoms with E-state index in [-0.39, 0.29) is 18.0 Å². The number of cyclic esters (lactones) is 1.